The normalized spacial score (nSPS) is 24.3. The van der Waals surface area contributed by atoms with Gasteiger partial charge in [-0.05, 0) is 49.7 Å². The maximum Gasteiger partial charge on any atom is 0.227 e. The van der Waals surface area contributed by atoms with Gasteiger partial charge in [-0.1, -0.05) is 13.8 Å². The van der Waals surface area contributed by atoms with Crippen LogP contribution in [0.25, 0.3) is 5.57 Å². The number of methoxy groups -OCH3 is 1. The molecule has 0 aromatic carbocycles. The first kappa shape index (κ1) is 25.3. The van der Waals surface area contributed by atoms with E-state index in [4.69, 9.17) is 10.5 Å². The second-order valence-corrected chi connectivity index (χ2v) is 9.93. The van der Waals surface area contributed by atoms with Gasteiger partial charge in [-0.25, -0.2) is 14.4 Å². The van der Waals surface area contributed by atoms with Gasteiger partial charge in [0.2, 0.25) is 5.95 Å². The van der Waals surface area contributed by atoms with E-state index in [1.54, 1.807) is 19.4 Å². The number of piperidine rings is 1. The molecule has 0 radical (unpaired) electrons. The SMILES string of the molecule is CO[C@@H]1CCN(c2nccc(Nc3cc4c(cn3)C(N)(CCN(C)C)NC=C4C(C)C)n2)C[C@@H]1F. The minimum atomic E-state index is -1.07. The highest BCUT2D eigenvalue weighted by molar-refractivity contribution is 5.74. The van der Waals surface area contributed by atoms with Crippen molar-refractivity contribution in [3.63, 3.8) is 0 Å². The summed E-state index contributed by atoms with van der Waals surface area (Å²) in [6.07, 6.45) is 5.44. The van der Waals surface area contributed by atoms with E-state index in [9.17, 15) is 4.39 Å². The van der Waals surface area contributed by atoms with Crippen molar-refractivity contribution in [2.45, 2.75) is 44.6 Å². The molecule has 35 heavy (non-hydrogen) atoms. The summed E-state index contributed by atoms with van der Waals surface area (Å²) in [5, 5.41) is 6.72. The fourth-order valence-electron chi connectivity index (χ4n) is 4.60. The summed E-state index contributed by atoms with van der Waals surface area (Å²) in [5.41, 5.74) is 9.35. The van der Waals surface area contributed by atoms with Gasteiger partial charge in [0.05, 0.1) is 12.6 Å². The molecule has 0 amide bonds. The molecule has 0 bridgehead atoms. The smallest absolute Gasteiger partial charge is 0.227 e. The summed E-state index contributed by atoms with van der Waals surface area (Å²) in [6.45, 7) is 6.02. The van der Waals surface area contributed by atoms with E-state index < -0.39 is 11.8 Å². The molecule has 2 aliphatic rings. The summed E-state index contributed by atoms with van der Waals surface area (Å²) in [5.74, 6) is 2.06. The van der Waals surface area contributed by atoms with E-state index in [0.717, 1.165) is 24.1 Å². The Labute approximate surface area is 207 Å². The minimum absolute atomic E-state index is 0.208. The number of pyridine rings is 1. The van der Waals surface area contributed by atoms with Crippen molar-refractivity contribution in [2.24, 2.45) is 11.7 Å². The van der Waals surface area contributed by atoms with Crippen molar-refractivity contribution >= 4 is 23.2 Å². The Morgan fingerprint density at radius 1 is 1.34 bits per heavy atom. The first-order chi connectivity index (χ1) is 16.7. The van der Waals surface area contributed by atoms with E-state index in [0.29, 0.717) is 36.5 Å². The molecule has 9 nitrogen and oxygen atoms in total. The standard InChI is InChI=1S/C25H37FN8O/c1-16(2)18-13-30-25(27,8-11-33(3)4)19-14-29-23(12-17(18)19)31-22-6-9-28-24(32-22)34-10-7-21(35-5)20(26)15-34/h6,9,12-14,16,20-21,30H,7-8,10-11,15,27H2,1-5H3,(H,28,29,31,32)/t20-,21+,25?/m0/s1. The zero-order valence-electron chi connectivity index (χ0n) is 21.3. The molecule has 4 N–H and O–H groups in total. The molecule has 3 atom stereocenters. The van der Waals surface area contributed by atoms with Crippen LogP contribution in [0.15, 0.2) is 30.7 Å². The Morgan fingerprint density at radius 2 is 2.14 bits per heavy atom. The number of anilines is 3. The van der Waals surface area contributed by atoms with Gasteiger partial charge in [-0.15, -0.1) is 0 Å². The quantitative estimate of drug-likeness (QED) is 0.522. The van der Waals surface area contributed by atoms with Crippen molar-refractivity contribution in [1.29, 1.82) is 0 Å². The van der Waals surface area contributed by atoms with Crippen molar-refractivity contribution in [3.05, 3.63) is 41.9 Å². The molecule has 2 aromatic rings. The second-order valence-electron chi connectivity index (χ2n) is 9.93. The molecule has 4 rings (SSSR count). The van der Waals surface area contributed by atoms with Crippen LogP contribution in [0.3, 0.4) is 0 Å². The fourth-order valence-corrected chi connectivity index (χ4v) is 4.60. The van der Waals surface area contributed by atoms with Crippen LogP contribution in [0.5, 0.6) is 0 Å². The van der Waals surface area contributed by atoms with Gasteiger partial charge in [0.1, 0.15) is 23.5 Å². The minimum Gasteiger partial charge on any atom is -0.378 e. The van der Waals surface area contributed by atoms with Crippen LogP contribution in [-0.2, 0) is 10.4 Å². The number of halogens is 1. The predicted molar refractivity (Wildman–Crippen MR) is 137 cm³/mol. The average Bonchev–Trinajstić information content (AvgIpc) is 2.83. The molecule has 1 saturated heterocycles. The maximum atomic E-state index is 14.4. The number of hydrogen-bond donors (Lipinski definition) is 3. The molecule has 0 saturated carbocycles. The summed E-state index contributed by atoms with van der Waals surface area (Å²) in [6, 6.07) is 3.81. The van der Waals surface area contributed by atoms with Crippen molar-refractivity contribution in [2.75, 3.05) is 51.1 Å². The lowest BCUT2D eigenvalue weighted by atomic mass is 9.83. The molecule has 0 spiro atoms. The van der Waals surface area contributed by atoms with Crippen molar-refractivity contribution in [3.8, 4) is 0 Å². The first-order valence-corrected chi connectivity index (χ1v) is 12.1. The van der Waals surface area contributed by atoms with E-state index in [2.05, 4.69) is 44.3 Å². The van der Waals surface area contributed by atoms with Crippen LogP contribution in [0, 0.1) is 5.92 Å². The molecule has 1 unspecified atom stereocenters. The lowest BCUT2D eigenvalue weighted by Gasteiger charge is -2.38. The highest BCUT2D eigenvalue weighted by Gasteiger charge is 2.34. The zero-order chi connectivity index (χ0) is 25.2. The number of hydrogen-bond acceptors (Lipinski definition) is 9. The highest BCUT2D eigenvalue weighted by Crippen LogP contribution is 2.37. The molecule has 2 aliphatic heterocycles. The summed E-state index contributed by atoms with van der Waals surface area (Å²) in [4.78, 5) is 17.6. The van der Waals surface area contributed by atoms with E-state index in [1.165, 1.54) is 5.57 Å². The molecule has 0 aliphatic carbocycles. The van der Waals surface area contributed by atoms with Gasteiger partial charge in [-0.3, -0.25) is 0 Å². The molecule has 10 heteroatoms. The third-order valence-electron chi connectivity index (χ3n) is 6.72. The van der Waals surface area contributed by atoms with E-state index in [-0.39, 0.29) is 12.6 Å². The number of aromatic nitrogens is 3. The van der Waals surface area contributed by atoms with Crippen molar-refractivity contribution in [1.82, 2.24) is 25.2 Å². The summed E-state index contributed by atoms with van der Waals surface area (Å²) in [7, 11) is 5.63. The number of alkyl halides is 1. The van der Waals surface area contributed by atoms with Gasteiger partial charge in [-0.2, -0.15) is 4.98 Å². The fraction of sp³-hybridized carbons (Fsp3) is 0.560. The Balaban J connectivity index is 1.57. The Kier molecular flexibility index (Phi) is 7.53. The zero-order valence-corrected chi connectivity index (χ0v) is 21.3. The van der Waals surface area contributed by atoms with E-state index >= 15 is 0 Å². The lowest BCUT2D eigenvalue weighted by Crippen LogP contribution is -2.52. The third-order valence-corrected chi connectivity index (χ3v) is 6.72. The van der Waals surface area contributed by atoms with Gasteiger partial charge in [0.25, 0.3) is 0 Å². The number of fused-ring (bicyclic) bond motifs is 1. The van der Waals surface area contributed by atoms with Crippen LogP contribution in [-0.4, -0.2) is 73.0 Å². The third kappa shape index (κ3) is 5.55. The number of ether oxygens (including phenoxy) is 1. The number of nitrogens with two attached hydrogens (primary N) is 1. The highest BCUT2D eigenvalue weighted by atomic mass is 19.1. The Morgan fingerprint density at radius 3 is 2.83 bits per heavy atom. The largest absolute Gasteiger partial charge is 0.378 e. The van der Waals surface area contributed by atoms with Crippen LogP contribution in [0.2, 0.25) is 0 Å². The average molecular weight is 485 g/mol. The second kappa shape index (κ2) is 10.4. The van der Waals surface area contributed by atoms with Crippen LogP contribution < -0.4 is 21.3 Å². The molecule has 4 heterocycles. The predicted octanol–water partition coefficient (Wildman–Crippen LogP) is 2.84. The van der Waals surface area contributed by atoms with Crippen molar-refractivity contribution < 1.29 is 9.13 Å². The number of nitrogens with one attached hydrogen (secondary N) is 2. The van der Waals surface area contributed by atoms with Crippen LogP contribution >= 0.6 is 0 Å². The topological polar surface area (TPSA) is 104 Å². The van der Waals surface area contributed by atoms with Gasteiger partial charge >= 0.3 is 0 Å². The van der Waals surface area contributed by atoms with Crippen LogP contribution in [0.1, 0.15) is 37.8 Å². The first-order valence-electron chi connectivity index (χ1n) is 12.1. The molecule has 190 valence electrons. The maximum absolute atomic E-state index is 14.4. The Hall–Kier alpha value is -2.82. The lowest BCUT2D eigenvalue weighted by molar-refractivity contribution is 0.0194. The van der Waals surface area contributed by atoms with Crippen LogP contribution in [0.4, 0.5) is 22.0 Å². The summed E-state index contributed by atoms with van der Waals surface area (Å²) < 4.78 is 19.6. The van der Waals surface area contributed by atoms with Gasteiger partial charge in [0, 0.05) is 50.8 Å². The summed E-state index contributed by atoms with van der Waals surface area (Å²) >= 11 is 0. The molecule has 1 fully saturated rings. The van der Waals surface area contributed by atoms with Gasteiger partial charge < -0.3 is 30.9 Å². The molecule has 2 aromatic heterocycles. The van der Waals surface area contributed by atoms with Gasteiger partial charge in [0.15, 0.2) is 0 Å². The number of nitrogens with zero attached hydrogens (tertiary/aromatic N) is 5. The van der Waals surface area contributed by atoms with E-state index in [1.807, 2.05) is 37.5 Å². The monoisotopic (exact) mass is 484 g/mol. The molecular weight excluding hydrogens is 447 g/mol. The number of allylic oxidation sites excluding steroid dienone is 1. The number of rotatable bonds is 8. The Bertz CT molecular complexity index is 1060. The molecular formula is C25H37FN8O.